The number of hydrogen-bond donors (Lipinski definition) is 1. The summed E-state index contributed by atoms with van der Waals surface area (Å²) in [5.41, 5.74) is 1.22. The molecule has 1 fully saturated rings. The van der Waals surface area contributed by atoms with Crippen LogP contribution in [0.25, 0.3) is 6.08 Å². The number of carbonyl (C=O) groups excluding carboxylic acids is 1. The average molecular weight is 385 g/mol. The molecular weight excluding hydrogens is 370 g/mol. The van der Waals surface area contributed by atoms with E-state index in [1.807, 2.05) is 18.2 Å². The topological polar surface area (TPSA) is 66.8 Å². The number of nitrogens with zero attached hydrogens (tertiary/aromatic N) is 1. The standard InChI is InChI=1S/C19H15NO4S2/c1-24-14-10-6-5-9-13(14)11-15-17(21)20(19(25)26-15)16(18(22)23)12-7-3-2-4-8-12/h2-11,16H,1H3,(H,22,23)/b15-11+/t16-/m1/s1. The van der Waals surface area contributed by atoms with Crippen LogP contribution in [-0.4, -0.2) is 33.3 Å². The second-order valence-corrected chi connectivity index (χ2v) is 7.12. The Morgan fingerprint density at radius 1 is 1.19 bits per heavy atom. The van der Waals surface area contributed by atoms with Crippen LogP contribution in [0.2, 0.25) is 0 Å². The van der Waals surface area contributed by atoms with Gasteiger partial charge in [0.1, 0.15) is 10.1 Å². The number of thioether (sulfide) groups is 1. The number of hydrogen-bond acceptors (Lipinski definition) is 5. The van der Waals surface area contributed by atoms with Crippen LogP contribution < -0.4 is 4.74 Å². The van der Waals surface area contributed by atoms with Crippen molar-refractivity contribution < 1.29 is 19.4 Å². The van der Waals surface area contributed by atoms with E-state index in [4.69, 9.17) is 17.0 Å². The molecule has 1 heterocycles. The molecule has 0 aromatic heterocycles. The largest absolute Gasteiger partial charge is 0.496 e. The van der Waals surface area contributed by atoms with Crippen molar-refractivity contribution in [3.8, 4) is 5.75 Å². The van der Waals surface area contributed by atoms with Gasteiger partial charge in [0.05, 0.1) is 12.0 Å². The van der Waals surface area contributed by atoms with Gasteiger partial charge < -0.3 is 9.84 Å². The number of amides is 1. The Morgan fingerprint density at radius 3 is 2.50 bits per heavy atom. The molecule has 2 aromatic carbocycles. The maximum atomic E-state index is 12.9. The van der Waals surface area contributed by atoms with Crippen LogP contribution in [0.15, 0.2) is 59.5 Å². The minimum Gasteiger partial charge on any atom is -0.496 e. The Hall–Kier alpha value is -2.64. The molecule has 1 aliphatic rings. The zero-order valence-electron chi connectivity index (χ0n) is 13.8. The fourth-order valence-corrected chi connectivity index (χ4v) is 3.97. The lowest BCUT2D eigenvalue weighted by Gasteiger charge is -2.23. The number of aliphatic carboxylic acids is 1. The third-order valence-corrected chi connectivity index (χ3v) is 5.19. The Labute approximate surface area is 160 Å². The summed E-state index contributed by atoms with van der Waals surface area (Å²) in [5.74, 6) is -0.941. The summed E-state index contributed by atoms with van der Waals surface area (Å²) in [6.45, 7) is 0. The van der Waals surface area contributed by atoms with Gasteiger partial charge in [0.2, 0.25) is 0 Å². The first-order valence-electron chi connectivity index (χ1n) is 7.70. The molecule has 0 spiro atoms. The Morgan fingerprint density at radius 2 is 1.85 bits per heavy atom. The first-order valence-corrected chi connectivity index (χ1v) is 8.93. The average Bonchev–Trinajstić information content (AvgIpc) is 2.91. The van der Waals surface area contributed by atoms with Crippen LogP contribution in [0.3, 0.4) is 0 Å². The number of rotatable bonds is 5. The van der Waals surface area contributed by atoms with Gasteiger partial charge in [-0.2, -0.15) is 0 Å². The fourth-order valence-electron chi connectivity index (χ4n) is 2.67. The summed E-state index contributed by atoms with van der Waals surface area (Å²) < 4.78 is 5.51. The summed E-state index contributed by atoms with van der Waals surface area (Å²) in [6, 6.07) is 14.7. The normalized spacial score (nSPS) is 16.8. The zero-order valence-corrected chi connectivity index (χ0v) is 15.4. The van der Waals surface area contributed by atoms with Crippen LogP contribution in [-0.2, 0) is 9.59 Å². The lowest BCUT2D eigenvalue weighted by atomic mass is 10.1. The predicted octanol–water partition coefficient (Wildman–Crippen LogP) is 3.72. The Kier molecular flexibility index (Phi) is 5.39. The van der Waals surface area contributed by atoms with E-state index in [2.05, 4.69) is 0 Å². The molecule has 132 valence electrons. The smallest absolute Gasteiger partial charge is 0.331 e. The van der Waals surface area contributed by atoms with Gasteiger partial charge in [0, 0.05) is 5.56 Å². The van der Waals surface area contributed by atoms with Crippen LogP contribution in [0.1, 0.15) is 17.2 Å². The highest BCUT2D eigenvalue weighted by Gasteiger charge is 2.41. The molecule has 3 rings (SSSR count). The monoisotopic (exact) mass is 385 g/mol. The van der Waals surface area contributed by atoms with Gasteiger partial charge in [0.25, 0.3) is 5.91 Å². The summed E-state index contributed by atoms with van der Waals surface area (Å²) in [4.78, 5) is 26.2. The van der Waals surface area contributed by atoms with Crippen molar-refractivity contribution in [2.45, 2.75) is 6.04 Å². The Bertz CT molecular complexity index is 895. The van der Waals surface area contributed by atoms with Crippen molar-refractivity contribution in [3.63, 3.8) is 0 Å². The van der Waals surface area contributed by atoms with E-state index in [-0.39, 0.29) is 4.32 Å². The molecule has 0 unspecified atom stereocenters. The van der Waals surface area contributed by atoms with Gasteiger partial charge in [-0.25, -0.2) is 4.79 Å². The van der Waals surface area contributed by atoms with Gasteiger partial charge in [-0.15, -0.1) is 0 Å². The van der Waals surface area contributed by atoms with Crippen LogP contribution in [0.5, 0.6) is 5.75 Å². The summed E-state index contributed by atoms with van der Waals surface area (Å²) >= 11 is 6.39. The van der Waals surface area contributed by atoms with Crippen molar-refractivity contribution in [1.82, 2.24) is 4.90 Å². The van der Waals surface area contributed by atoms with E-state index in [1.165, 1.54) is 0 Å². The van der Waals surface area contributed by atoms with E-state index in [0.717, 1.165) is 22.2 Å². The van der Waals surface area contributed by atoms with E-state index >= 15 is 0 Å². The Balaban J connectivity index is 1.98. The minimum absolute atomic E-state index is 0.215. The van der Waals surface area contributed by atoms with Crippen LogP contribution in [0.4, 0.5) is 0 Å². The highest BCUT2D eigenvalue weighted by Crippen LogP contribution is 2.39. The number of para-hydroxylation sites is 1. The molecular formula is C19H15NO4S2. The van der Waals surface area contributed by atoms with Crippen molar-refractivity contribution in [1.29, 1.82) is 0 Å². The van der Waals surface area contributed by atoms with Gasteiger partial charge in [-0.3, -0.25) is 9.69 Å². The van der Waals surface area contributed by atoms with E-state index in [1.54, 1.807) is 49.6 Å². The number of ether oxygens (including phenoxy) is 1. The van der Waals surface area contributed by atoms with E-state index in [9.17, 15) is 14.7 Å². The molecule has 1 atom stereocenters. The number of methoxy groups -OCH3 is 1. The molecule has 7 heteroatoms. The summed E-state index contributed by atoms with van der Waals surface area (Å²) in [5, 5.41) is 9.68. The second kappa shape index (κ2) is 7.72. The molecule has 1 N–H and O–H groups in total. The van der Waals surface area contributed by atoms with Gasteiger partial charge in [0.15, 0.2) is 6.04 Å². The second-order valence-electron chi connectivity index (χ2n) is 5.45. The first kappa shape index (κ1) is 18.2. The SMILES string of the molecule is COc1ccccc1/C=C1/SC(=S)N([C@@H](C(=O)O)c2ccccc2)C1=O. The lowest BCUT2D eigenvalue weighted by Crippen LogP contribution is -2.37. The van der Waals surface area contributed by atoms with Gasteiger partial charge >= 0.3 is 5.97 Å². The molecule has 2 aromatic rings. The molecule has 1 saturated heterocycles. The molecule has 0 saturated carbocycles. The third-order valence-electron chi connectivity index (χ3n) is 3.86. The third kappa shape index (κ3) is 3.49. The van der Waals surface area contributed by atoms with Gasteiger partial charge in [-0.05, 0) is 17.7 Å². The molecule has 26 heavy (non-hydrogen) atoms. The number of carboxylic acid groups (broad SMARTS) is 1. The minimum atomic E-state index is -1.16. The highest BCUT2D eigenvalue weighted by atomic mass is 32.2. The quantitative estimate of drug-likeness (QED) is 0.625. The van der Waals surface area contributed by atoms with Crippen molar-refractivity contribution in [2.75, 3.05) is 7.11 Å². The number of carbonyl (C=O) groups is 2. The van der Waals surface area contributed by atoms with Crippen LogP contribution in [0, 0.1) is 0 Å². The number of benzene rings is 2. The number of carboxylic acids is 1. The van der Waals surface area contributed by atoms with Crippen LogP contribution >= 0.6 is 24.0 Å². The summed E-state index contributed by atoms with van der Waals surface area (Å²) in [6.07, 6.45) is 1.67. The zero-order chi connectivity index (χ0) is 18.7. The maximum Gasteiger partial charge on any atom is 0.331 e. The fraction of sp³-hybridized carbons (Fsp3) is 0.105. The molecule has 1 aliphatic heterocycles. The van der Waals surface area contributed by atoms with Crippen molar-refractivity contribution in [2.24, 2.45) is 0 Å². The molecule has 0 aliphatic carbocycles. The number of thiocarbonyl (C=S) groups is 1. The molecule has 0 radical (unpaired) electrons. The molecule has 0 bridgehead atoms. The highest BCUT2D eigenvalue weighted by molar-refractivity contribution is 8.26. The van der Waals surface area contributed by atoms with Gasteiger partial charge in [-0.1, -0.05) is 72.5 Å². The van der Waals surface area contributed by atoms with Crippen molar-refractivity contribution >= 4 is 46.3 Å². The predicted molar refractivity (Wildman–Crippen MR) is 105 cm³/mol. The van der Waals surface area contributed by atoms with E-state index < -0.39 is 17.9 Å². The molecule has 5 nitrogen and oxygen atoms in total. The van der Waals surface area contributed by atoms with Crippen molar-refractivity contribution in [3.05, 3.63) is 70.6 Å². The van der Waals surface area contributed by atoms with E-state index in [0.29, 0.717) is 16.2 Å². The maximum absolute atomic E-state index is 12.9. The molecule has 1 amide bonds. The lowest BCUT2D eigenvalue weighted by molar-refractivity contribution is -0.145. The first-order chi connectivity index (χ1) is 12.5. The summed E-state index contributed by atoms with van der Waals surface area (Å²) in [7, 11) is 1.55.